The van der Waals surface area contributed by atoms with Crippen molar-refractivity contribution >= 4 is 39.5 Å². The van der Waals surface area contributed by atoms with Crippen molar-refractivity contribution in [2.24, 2.45) is 11.8 Å². The number of carbonyl (C=O) groups is 3. The molecule has 10 nitrogen and oxygen atoms in total. The molecule has 2 N–H and O–H groups in total. The molecule has 0 bridgehead atoms. The number of nitrogens with zero attached hydrogens (tertiary/aromatic N) is 2. The lowest BCUT2D eigenvalue weighted by molar-refractivity contribution is -0.143. The molecule has 0 amide bonds. The van der Waals surface area contributed by atoms with E-state index in [9.17, 15) is 24.6 Å². The molecule has 50 heavy (non-hydrogen) atoms. The third-order valence-corrected chi connectivity index (χ3v) is 11.3. The summed E-state index contributed by atoms with van der Waals surface area (Å²) in [5, 5.41) is 28.5. The molecule has 2 heterocycles. The number of Topliss-reactive ketones (excluding diaryl/α,β-unsaturated/α-hetero) is 2. The fourth-order valence-electron chi connectivity index (χ4n) is 8.13. The van der Waals surface area contributed by atoms with Gasteiger partial charge in [0.15, 0.2) is 17.6 Å². The number of aliphatic hydroxyl groups is 2. The summed E-state index contributed by atoms with van der Waals surface area (Å²) in [6.45, 7) is 1.35. The normalized spacial score (nSPS) is 24.3. The molecular weight excluding hydrogens is 711 g/mol. The number of likely N-dealkylation sites (tertiary alicyclic amines) is 1. The second-order valence-corrected chi connectivity index (χ2v) is 14.0. The fraction of sp³-hybridized carbons (Fsp3) is 0.316. The van der Waals surface area contributed by atoms with Gasteiger partial charge in [0.2, 0.25) is 11.6 Å². The highest BCUT2D eigenvalue weighted by atomic mass is 79.9. The number of rotatable bonds is 8. The van der Waals surface area contributed by atoms with Crippen molar-refractivity contribution < 1.29 is 43.0 Å². The van der Waals surface area contributed by atoms with Crippen molar-refractivity contribution in [3.63, 3.8) is 0 Å². The van der Waals surface area contributed by atoms with Crippen molar-refractivity contribution in [1.82, 2.24) is 10.1 Å². The topological polar surface area (TPSA) is 139 Å². The highest BCUT2D eigenvalue weighted by molar-refractivity contribution is 9.10. The Morgan fingerprint density at radius 3 is 2.26 bits per heavy atom. The average Bonchev–Trinajstić information content (AvgIpc) is 3.81. The van der Waals surface area contributed by atoms with E-state index in [1.54, 1.807) is 0 Å². The molecule has 256 valence electrons. The minimum Gasteiger partial charge on any atom is -0.507 e. The average molecular weight is 744 g/mol. The molecule has 1 aliphatic heterocycles. The van der Waals surface area contributed by atoms with E-state index in [2.05, 4.69) is 26.0 Å². The molecule has 0 unspecified atom stereocenters. The second-order valence-electron chi connectivity index (χ2n) is 13.2. The molecular formula is C38H32BrFN2O8. The van der Waals surface area contributed by atoms with Crippen LogP contribution in [0.4, 0.5) is 4.39 Å². The summed E-state index contributed by atoms with van der Waals surface area (Å²) in [4.78, 5) is 43.4. The number of fused-ring (bicyclic) bond motifs is 4. The number of carbonyl (C=O) groups excluding carboxylic acids is 3. The Labute approximate surface area is 294 Å². The minimum absolute atomic E-state index is 0.0136. The lowest BCUT2D eigenvalue weighted by Gasteiger charge is -2.49. The molecule has 1 saturated heterocycles. The molecule has 3 aliphatic carbocycles. The third-order valence-electron chi connectivity index (χ3n) is 10.5. The maximum absolute atomic E-state index is 16.1. The van der Waals surface area contributed by atoms with E-state index in [4.69, 9.17) is 14.0 Å². The number of halogens is 2. The van der Waals surface area contributed by atoms with Gasteiger partial charge in [-0.05, 0) is 76.9 Å². The molecule has 0 radical (unpaired) electrons. The van der Waals surface area contributed by atoms with Crippen LogP contribution < -0.4 is 9.47 Å². The molecule has 8 rings (SSSR count). The summed E-state index contributed by atoms with van der Waals surface area (Å²) in [5.74, 6) is -5.06. The molecule has 1 aromatic heterocycles. The zero-order chi connectivity index (χ0) is 34.7. The first-order valence-electron chi connectivity index (χ1n) is 16.6. The zero-order valence-corrected chi connectivity index (χ0v) is 28.3. The summed E-state index contributed by atoms with van der Waals surface area (Å²) in [6, 6.07) is 17.7. The first kappa shape index (κ1) is 32.5. The Morgan fingerprint density at radius 2 is 1.62 bits per heavy atom. The number of ether oxygens (including phenoxy) is 2. The summed E-state index contributed by atoms with van der Waals surface area (Å²) < 4.78 is 33.9. The number of aldehydes is 1. The van der Waals surface area contributed by atoms with Crippen LogP contribution in [0.1, 0.15) is 74.0 Å². The predicted octanol–water partition coefficient (Wildman–Crippen LogP) is 6.34. The van der Waals surface area contributed by atoms with Crippen molar-refractivity contribution in [1.29, 1.82) is 0 Å². The van der Waals surface area contributed by atoms with Crippen LogP contribution in [0.3, 0.4) is 0 Å². The van der Waals surface area contributed by atoms with E-state index in [0.29, 0.717) is 19.4 Å². The fourth-order valence-corrected chi connectivity index (χ4v) is 8.72. The Morgan fingerprint density at radius 1 is 0.980 bits per heavy atom. The molecule has 3 aromatic carbocycles. The van der Waals surface area contributed by atoms with Gasteiger partial charge in [-0.2, -0.15) is 0 Å². The molecule has 12 heteroatoms. The van der Waals surface area contributed by atoms with Crippen molar-refractivity contribution in [2.45, 2.75) is 50.5 Å². The number of benzene rings is 3. The first-order valence-corrected chi connectivity index (χ1v) is 17.3. The van der Waals surface area contributed by atoms with Gasteiger partial charge in [-0.15, -0.1) is 0 Å². The highest BCUT2D eigenvalue weighted by Crippen LogP contribution is 2.57. The molecule has 4 aromatic rings. The number of aliphatic hydroxyl groups excluding tert-OH is 1. The van der Waals surface area contributed by atoms with Gasteiger partial charge in [0.05, 0.1) is 21.6 Å². The lowest BCUT2D eigenvalue weighted by atomic mass is 9.57. The quantitative estimate of drug-likeness (QED) is 0.155. The van der Waals surface area contributed by atoms with E-state index in [-0.39, 0.29) is 75.7 Å². The number of aromatic nitrogens is 1. The lowest BCUT2D eigenvalue weighted by Crippen LogP contribution is -2.63. The van der Waals surface area contributed by atoms with Gasteiger partial charge in [0.1, 0.15) is 36.1 Å². The molecule has 1 saturated carbocycles. The summed E-state index contributed by atoms with van der Waals surface area (Å²) in [7, 11) is 0. The zero-order valence-electron chi connectivity index (χ0n) is 26.7. The van der Waals surface area contributed by atoms with Gasteiger partial charge in [-0.1, -0.05) is 60.7 Å². The van der Waals surface area contributed by atoms with Crippen molar-refractivity contribution in [2.75, 3.05) is 13.1 Å². The third kappa shape index (κ3) is 4.95. The number of hydrogen-bond donors (Lipinski definition) is 2. The first-order chi connectivity index (χ1) is 24.2. The van der Waals surface area contributed by atoms with Crippen LogP contribution in [-0.2, 0) is 24.4 Å². The van der Waals surface area contributed by atoms with E-state index in [1.165, 1.54) is 0 Å². The Bertz CT molecular complexity index is 2060. The van der Waals surface area contributed by atoms with E-state index < -0.39 is 46.6 Å². The van der Waals surface area contributed by atoms with Crippen LogP contribution in [0, 0.1) is 17.7 Å². The van der Waals surface area contributed by atoms with Crippen LogP contribution in [0.2, 0.25) is 0 Å². The van der Waals surface area contributed by atoms with E-state index >= 15 is 4.39 Å². The van der Waals surface area contributed by atoms with E-state index in [1.807, 2.05) is 60.7 Å². The second kappa shape index (κ2) is 12.6. The maximum Gasteiger partial charge on any atom is 0.265 e. The van der Waals surface area contributed by atoms with Crippen LogP contribution >= 0.6 is 15.9 Å². The Balaban J connectivity index is 1.24. The Hall–Kier alpha value is -4.65. The summed E-state index contributed by atoms with van der Waals surface area (Å²) in [6.07, 6.45) is 2.08. The van der Waals surface area contributed by atoms with Crippen LogP contribution in [0.15, 0.2) is 75.2 Å². The molecule has 0 spiro atoms. The SMILES string of the molecule is O=Cc1c(F)c2c(c(OCc3ccccc3)c1Br)C(O)=C1C(=O)[C@]3(O)C(=O)c4c(OCc5ccccc5)noc4[C@@H](N4CCCC4)[C@@H]3C[C@@H]1C2. The highest BCUT2D eigenvalue weighted by Gasteiger charge is 2.66. The Kier molecular flexibility index (Phi) is 8.20. The van der Waals surface area contributed by atoms with Gasteiger partial charge in [-0.25, -0.2) is 4.39 Å². The van der Waals surface area contributed by atoms with Crippen molar-refractivity contribution in [3.8, 4) is 11.6 Å². The molecule has 4 aliphatic rings. The molecule has 2 fully saturated rings. The van der Waals surface area contributed by atoms with Gasteiger partial charge in [0.25, 0.3) is 5.88 Å². The van der Waals surface area contributed by atoms with Crippen LogP contribution in [-0.4, -0.2) is 56.8 Å². The smallest absolute Gasteiger partial charge is 0.265 e. The molecule has 4 atom stereocenters. The van der Waals surface area contributed by atoms with Gasteiger partial charge < -0.3 is 24.2 Å². The summed E-state index contributed by atoms with van der Waals surface area (Å²) in [5.41, 5.74) is -1.67. The maximum atomic E-state index is 16.1. The monoisotopic (exact) mass is 742 g/mol. The number of hydrogen-bond acceptors (Lipinski definition) is 10. The van der Waals surface area contributed by atoms with Gasteiger partial charge >= 0.3 is 0 Å². The minimum atomic E-state index is -2.60. The van der Waals surface area contributed by atoms with Crippen LogP contribution in [0.25, 0.3) is 5.76 Å². The number of ketones is 2. The predicted molar refractivity (Wildman–Crippen MR) is 180 cm³/mol. The van der Waals surface area contributed by atoms with Gasteiger partial charge in [0, 0.05) is 17.1 Å². The van der Waals surface area contributed by atoms with Crippen molar-refractivity contribution in [3.05, 3.63) is 116 Å². The van der Waals surface area contributed by atoms with E-state index in [0.717, 1.165) is 24.0 Å². The van der Waals surface area contributed by atoms with Gasteiger partial charge in [-0.3, -0.25) is 19.3 Å². The summed E-state index contributed by atoms with van der Waals surface area (Å²) >= 11 is 3.29. The largest absolute Gasteiger partial charge is 0.507 e. The van der Waals surface area contributed by atoms with Crippen LogP contribution in [0.5, 0.6) is 11.6 Å². The standard InChI is InChI=1S/C38H32BrFN2O8/c39-29-24(17-43)30(40)23-15-22-16-25-31(42-13-7-8-14-42)34-28(37(41-50-34)49-19-21-11-5-2-6-12-21)36(46)38(25,47)35(45)26(22)32(44)27(23)33(29)48-18-20-9-3-1-4-10-20/h1-6,9-12,17,22,25,31,44,47H,7-8,13-16,18-19H2/t22-,25-,31-,38-/m0/s1.